The Labute approximate surface area is 161 Å². The summed E-state index contributed by atoms with van der Waals surface area (Å²) >= 11 is 0. The van der Waals surface area contributed by atoms with Gasteiger partial charge >= 0.3 is 0 Å². The number of amides is 1. The van der Waals surface area contributed by atoms with Crippen LogP contribution in [0.1, 0.15) is 31.4 Å². The predicted molar refractivity (Wildman–Crippen MR) is 105 cm³/mol. The standard InChI is InChI=1S/C19H21N7O2/c27-13-6-4-11(5-7-13)21-16-2-1-3-17-24-19(25-26(16)17)22-12-8-15-14(20-10-12)9-18(28)23-15/h1-3,8,10-11,13,21,27H,4-7,9H2,(H,22,25)(H,23,28)/t11-,13+. The summed E-state index contributed by atoms with van der Waals surface area (Å²) in [6.07, 6.45) is 5.32. The highest BCUT2D eigenvalue weighted by Gasteiger charge is 2.21. The van der Waals surface area contributed by atoms with E-state index in [-0.39, 0.29) is 12.0 Å². The maximum Gasteiger partial charge on any atom is 0.247 e. The zero-order chi connectivity index (χ0) is 19.1. The summed E-state index contributed by atoms with van der Waals surface area (Å²) < 4.78 is 1.77. The van der Waals surface area contributed by atoms with Crippen LogP contribution in [0.3, 0.4) is 0 Å². The number of carbonyl (C=O) groups excluding carboxylic acids is 1. The second-order valence-corrected chi connectivity index (χ2v) is 7.33. The van der Waals surface area contributed by atoms with Crippen LogP contribution in [0.4, 0.5) is 23.1 Å². The van der Waals surface area contributed by atoms with E-state index in [1.807, 2.05) is 24.3 Å². The summed E-state index contributed by atoms with van der Waals surface area (Å²) in [4.78, 5) is 20.3. The number of anilines is 4. The molecule has 9 heteroatoms. The minimum atomic E-state index is -0.179. The van der Waals surface area contributed by atoms with Crippen molar-refractivity contribution in [2.45, 2.75) is 44.2 Å². The smallest absolute Gasteiger partial charge is 0.247 e. The van der Waals surface area contributed by atoms with Gasteiger partial charge in [-0.3, -0.25) is 9.78 Å². The highest BCUT2D eigenvalue weighted by molar-refractivity contribution is 5.98. The van der Waals surface area contributed by atoms with E-state index in [2.05, 4.69) is 31.0 Å². The lowest BCUT2D eigenvalue weighted by Crippen LogP contribution is -2.29. The number of aliphatic hydroxyl groups excluding tert-OH is 1. The normalized spacial score (nSPS) is 21.4. The van der Waals surface area contributed by atoms with Crippen LogP contribution >= 0.6 is 0 Å². The Morgan fingerprint density at radius 2 is 2.07 bits per heavy atom. The van der Waals surface area contributed by atoms with Crippen molar-refractivity contribution < 1.29 is 9.90 Å². The third kappa shape index (κ3) is 3.24. The SMILES string of the molecule is O=C1Cc2ncc(Nc3nc4cccc(N[C@H]5CC[C@@H](O)CC5)n4n3)cc2N1. The number of aliphatic hydroxyl groups is 1. The van der Waals surface area contributed by atoms with Gasteiger partial charge in [0.2, 0.25) is 11.9 Å². The molecule has 0 radical (unpaired) electrons. The van der Waals surface area contributed by atoms with Gasteiger partial charge < -0.3 is 21.1 Å². The van der Waals surface area contributed by atoms with Crippen molar-refractivity contribution in [3.8, 4) is 0 Å². The van der Waals surface area contributed by atoms with Crippen LogP contribution in [0.15, 0.2) is 30.5 Å². The molecule has 1 saturated carbocycles. The Balaban J connectivity index is 1.37. The molecule has 1 fully saturated rings. The van der Waals surface area contributed by atoms with E-state index in [1.54, 1.807) is 10.7 Å². The lowest BCUT2D eigenvalue weighted by Gasteiger charge is -2.26. The Morgan fingerprint density at radius 1 is 1.21 bits per heavy atom. The Kier molecular flexibility index (Phi) is 4.09. The van der Waals surface area contributed by atoms with Crippen LogP contribution in [0, 0.1) is 0 Å². The number of fused-ring (bicyclic) bond motifs is 2. The van der Waals surface area contributed by atoms with Gasteiger partial charge in [0, 0.05) is 6.04 Å². The Bertz CT molecular complexity index is 1040. The zero-order valence-electron chi connectivity index (χ0n) is 15.2. The molecule has 4 N–H and O–H groups in total. The van der Waals surface area contributed by atoms with Crippen molar-refractivity contribution >= 4 is 34.7 Å². The summed E-state index contributed by atoms with van der Waals surface area (Å²) in [5.41, 5.74) is 2.92. The first kappa shape index (κ1) is 16.9. The van der Waals surface area contributed by atoms with Crippen LogP contribution in [0.25, 0.3) is 5.65 Å². The Hall–Kier alpha value is -3.20. The summed E-state index contributed by atoms with van der Waals surface area (Å²) in [5, 5.41) is 23.7. The number of nitrogens with one attached hydrogen (secondary N) is 3. The highest BCUT2D eigenvalue weighted by Crippen LogP contribution is 2.26. The second-order valence-electron chi connectivity index (χ2n) is 7.33. The molecule has 3 aromatic rings. The minimum absolute atomic E-state index is 0.0450. The molecule has 0 unspecified atom stereocenters. The minimum Gasteiger partial charge on any atom is -0.393 e. The summed E-state index contributed by atoms with van der Waals surface area (Å²) in [6.45, 7) is 0. The van der Waals surface area contributed by atoms with E-state index in [0.717, 1.165) is 48.5 Å². The van der Waals surface area contributed by atoms with E-state index in [4.69, 9.17) is 0 Å². The fraction of sp³-hybridized carbons (Fsp3) is 0.368. The maximum absolute atomic E-state index is 11.5. The molecule has 1 aliphatic heterocycles. The monoisotopic (exact) mass is 379 g/mol. The largest absolute Gasteiger partial charge is 0.393 e. The molecule has 1 aliphatic carbocycles. The van der Waals surface area contributed by atoms with Crippen LogP contribution in [0.2, 0.25) is 0 Å². The van der Waals surface area contributed by atoms with Crippen molar-refractivity contribution in [1.82, 2.24) is 19.6 Å². The van der Waals surface area contributed by atoms with Gasteiger partial charge in [-0.25, -0.2) is 0 Å². The average Bonchev–Trinajstić information content (AvgIpc) is 3.26. The van der Waals surface area contributed by atoms with Crippen molar-refractivity contribution in [1.29, 1.82) is 0 Å². The second kappa shape index (κ2) is 6.75. The molecule has 0 atom stereocenters. The van der Waals surface area contributed by atoms with Crippen LogP contribution in [-0.2, 0) is 11.2 Å². The topological polar surface area (TPSA) is 116 Å². The van der Waals surface area contributed by atoms with Crippen molar-refractivity contribution in [3.63, 3.8) is 0 Å². The molecule has 0 bridgehead atoms. The number of rotatable bonds is 4. The third-order valence-corrected chi connectivity index (χ3v) is 5.24. The Morgan fingerprint density at radius 3 is 2.93 bits per heavy atom. The van der Waals surface area contributed by atoms with E-state index in [0.29, 0.717) is 24.1 Å². The predicted octanol–water partition coefficient (Wildman–Crippen LogP) is 2.08. The lowest BCUT2D eigenvalue weighted by atomic mass is 9.93. The van der Waals surface area contributed by atoms with E-state index in [9.17, 15) is 9.90 Å². The lowest BCUT2D eigenvalue weighted by molar-refractivity contribution is -0.115. The number of pyridine rings is 2. The summed E-state index contributed by atoms with van der Waals surface area (Å²) in [6, 6.07) is 7.98. The number of carbonyl (C=O) groups is 1. The molecule has 2 aliphatic rings. The summed E-state index contributed by atoms with van der Waals surface area (Å²) in [7, 11) is 0. The molecule has 0 aromatic carbocycles. The molecule has 9 nitrogen and oxygen atoms in total. The first-order valence-electron chi connectivity index (χ1n) is 9.50. The molecule has 1 amide bonds. The van der Waals surface area contributed by atoms with Crippen molar-refractivity contribution in [2.75, 3.05) is 16.0 Å². The number of aromatic nitrogens is 4. The quantitative estimate of drug-likeness (QED) is 0.548. The van der Waals surface area contributed by atoms with Gasteiger partial charge in [0.1, 0.15) is 5.82 Å². The van der Waals surface area contributed by atoms with Gasteiger partial charge in [0.15, 0.2) is 5.65 Å². The highest BCUT2D eigenvalue weighted by atomic mass is 16.3. The van der Waals surface area contributed by atoms with Gasteiger partial charge in [0.05, 0.1) is 35.8 Å². The molecule has 3 aromatic heterocycles. The molecule has 5 rings (SSSR count). The van der Waals surface area contributed by atoms with Crippen LogP contribution in [0.5, 0.6) is 0 Å². The van der Waals surface area contributed by atoms with E-state index < -0.39 is 0 Å². The molecule has 28 heavy (non-hydrogen) atoms. The number of hydrogen-bond donors (Lipinski definition) is 4. The molecular weight excluding hydrogens is 358 g/mol. The fourth-order valence-electron chi connectivity index (χ4n) is 3.78. The fourth-order valence-corrected chi connectivity index (χ4v) is 3.78. The molecular formula is C19H21N7O2. The molecule has 0 spiro atoms. The van der Waals surface area contributed by atoms with E-state index >= 15 is 0 Å². The maximum atomic E-state index is 11.5. The van der Waals surface area contributed by atoms with Gasteiger partial charge in [-0.15, -0.1) is 5.10 Å². The number of hydrogen-bond acceptors (Lipinski definition) is 7. The first-order valence-corrected chi connectivity index (χ1v) is 9.50. The first-order chi connectivity index (χ1) is 13.6. The molecule has 4 heterocycles. The van der Waals surface area contributed by atoms with E-state index in [1.165, 1.54) is 0 Å². The van der Waals surface area contributed by atoms with Crippen LogP contribution in [-0.4, -0.2) is 42.7 Å². The van der Waals surface area contributed by atoms with Crippen LogP contribution < -0.4 is 16.0 Å². The molecule has 144 valence electrons. The third-order valence-electron chi connectivity index (χ3n) is 5.24. The van der Waals surface area contributed by atoms with Gasteiger partial charge in [-0.2, -0.15) is 9.50 Å². The van der Waals surface area contributed by atoms with Crippen molar-refractivity contribution in [2.24, 2.45) is 0 Å². The number of nitrogens with zero attached hydrogens (tertiary/aromatic N) is 4. The zero-order valence-corrected chi connectivity index (χ0v) is 15.2. The summed E-state index contributed by atoms with van der Waals surface area (Å²) in [5.74, 6) is 1.29. The van der Waals surface area contributed by atoms with Gasteiger partial charge in [-0.1, -0.05) is 6.07 Å². The van der Waals surface area contributed by atoms with Gasteiger partial charge in [0.25, 0.3) is 0 Å². The van der Waals surface area contributed by atoms with Gasteiger partial charge in [-0.05, 0) is 43.9 Å². The molecule has 0 saturated heterocycles. The van der Waals surface area contributed by atoms with Crippen molar-refractivity contribution in [3.05, 3.63) is 36.2 Å². The average molecular weight is 379 g/mol.